The molecule has 2 N–H and O–H groups in total. The summed E-state index contributed by atoms with van der Waals surface area (Å²) in [5, 5.41) is 10.4. The highest BCUT2D eigenvalue weighted by molar-refractivity contribution is 6.06. The van der Waals surface area contributed by atoms with Crippen LogP contribution >= 0.6 is 0 Å². The lowest BCUT2D eigenvalue weighted by Gasteiger charge is -2.24. The van der Waals surface area contributed by atoms with Crippen molar-refractivity contribution in [1.82, 2.24) is 9.88 Å². The molecular weight excluding hydrogens is 360 g/mol. The number of carbonyl (C=O) groups is 3. The van der Waals surface area contributed by atoms with Gasteiger partial charge in [-0.15, -0.1) is 0 Å². The van der Waals surface area contributed by atoms with E-state index in [1.807, 2.05) is 30.5 Å². The van der Waals surface area contributed by atoms with E-state index in [4.69, 9.17) is 4.74 Å². The van der Waals surface area contributed by atoms with Gasteiger partial charge in [-0.25, -0.2) is 4.79 Å². The maximum atomic E-state index is 13.1. The number of carbonyl (C=O) groups excluding carboxylic acids is 2. The molecule has 28 heavy (non-hydrogen) atoms. The Morgan fingerprint density at radius 2 is 2.00 bits per heavy atom. The average molecular weight is 384 g/mol. The van der Waals surface area contributed by atoms with Crippen LogP contribution in [0.25, 0.3) is 10.9 Å². The SMILES string of the molecule is CCOC(=O)C1=C(C)N(CCc2c[nH]c3ccccc23)C(=O)C1(C)CC(=O)O. The van der Waals surface area contributed by atoms with E-state index in [-0.39, 0.29) is 18.1 Å². The molecule has 7 heteroatoms. The van der Waals surface area contributed by atoms with E-state index in [0.29, 0.717) is 18.7 Å². The third kappa shape index (κ3) is 3.28. The van der Waals surface area contributed by atoms with Crippen LogP contribution in [0.4, 0.5) is 0 Å². The Kier molecular flexibility index (Phi) is 5.27. The first-order valence-electron chi connectivity index (χ1n) is 9.26. The fraction of sp³-hybridized carbons (Fsp3) is 0.381. The maximum Gasteiger partial charge on any atom is 0.336 e. The highest BCUT2D eigenvalue weighted by Gasteiger charge is 2.52. The first kappa shape index (κ1) is 19.7. The highest BCUT2D eigenvalue weighted by Crippen LogP contribution is 2.43. The van der Waals surface area contributed by atoms with Gasteiger partial charge in [0.1, 0.15) is 0 Å². The second-order valence-electron chi connectivity index (χ2n) is 7.15. The molecule has 2 aromatic rings. The molecule has 3 rings (SSSR count). The molecule has 0 aliphatic carbocycles. The van der Waals surface area contributed by atoms with Crippen molar-refractivity contribution in [2.45, 2.75) is 33.6 Å². The number of carboxylic acid groups (broad SMARTS) is 1. The Morgan fingerprint density at radius 1 is 1.29 bits per heavy atom. The van der Waals surface area contributed by atoms with Gasteiger partial charge in [0, 0.05) is 29.3 Å². The normalized spacial score (nSPS) is 19.5. The Hall–Kier alpha value is -3.09. The Morgan fingerprint density at radius 3 is 2.68 bits per heavy atom. The molecule has 0 fully saturated rings. The van der Waals surface area contributed by atoms with E-state index in [1.54, 1.807) is 13.8 Å². The quantitative estimate of drug-likeness (QED) is 0.715. The molecule has 1 aliphatic heterocycles. The predicted molar refractivity (Wildman–Crippen MR) is 103 cm³/mol. The van der Waals surface area contributed by atoms with E-state index >= 15 is 0 Å². The zero-order chi connectivity index (χ0) is 20.5. The molecule has 0 bridgehead atoms. The first-order chi connectivity index (χ1) is 13.3. The third-order valence-electron chi connectivity index (χ3n) is 5.30. The maximum absolute atomic E-state index is 13.1. The van der Waals surface area contributed by atoms with Gasteiger partial charge < -0.3 is 19.7 Å². The van der Waals surface area contributed by atoms with E-state index in [1.165, 1.54) is 11.8 Å². The van der Waals surface area contributed by atoms with Gasteiger partial charge in [-0.1, -0.05) is 18.2 Å². The number of allylic oxidation sites excluding steroid dienone is 1. The fourth-order valence-corrected chi connectivity index (χ4v) is 3.97. The van der Waals surface area contributed by atoms with E-state index in [2.05, 4.69) is 4.98 Å². The monoisotopic (exact) mass is 384 g/mol. The van der Waals surface area contributed by atoms with Crippen molar-refractivity contribution >= 4 is 28.7 Å². The number of aliphatic carboxylic acids is 1. The molecule has 0 saturated carbocycles. The number of rotatable bonds is 7. The van der Waals surface area contributed by atoms with Gasteiger partial charge in [-0.05, 0) is 38.8 Å². The minimum atomic E-state index is -1.43. The minimum Gasteiger partial charge on any atom is -0.481 e. The number of esters is 1. The molecule has 148 valence electrons. The topological polar surface area (TPSA) is 99.7 Å². The first-order valence-corrected chi connectivity index (χ1v) is 9.26. The van der Waals surface area contributed by atoms with Crippen LogP contribution in [0.15, 0.2) is 41.7 Å². The largest absolute Gasteiger partial charge is 0.481 e. The Balaban J connectivity index is 1.90. The average Bonchev–Trinajstić information content (AvgIpc) is 3.11. The number of fused-ring (bicyclic) bond motifs is 1. The van der Waals surface area contributed by atoms with Crippen LogP contribution in [-0.4, -0.2) is 46.0 Å². The lowest BCUT2D eigenvalue weighted by atomic mass is 9.79. The number of aromatic amines is 1. The van der Waals surface area contributed by atoms with Gasteiger partial charge in [-0.3, -0.25) is 9.59 Å². The summed E-state index contributed by atoms with van der Waals surface area (Å²) in [4.78, 5) is 41.7. The highest BCUT2D eigenvalue weighted by atomic mass is 16.5. The van der Waals surface area contributed by atoms with E-state index < -0.39 is 23.8 Å². The molecule has 1 amide bonds. The lowest BCUT2D eigenvalue weighted by Crippen LogP contribution is -2.38. The number of para-hydroxylation sites is 1. The van der Waals surface area contributed by atoms with Crippen LogP contribution in [0.5, 0.6) is 0 Å². The van der Waals surface area contributed by atoms with Crippen molar-refractivity contribution in [2.75, 3.05) is 13.2 Å². The lowest BCUT2D eigenvalue weighted by molar-refractivity contribution is -0.147. The van der Waals surface area contributed by atoms with E-state index in [0.717, 1.165) is 16.5 Å². The number of hydrogen-bond donors (Lipinski definition) is 2. The number of benzene rings is 1. The fourth-order valence-electron chi connectivity index (χ4n) is 3.97. The third-order valence-corrected chi connectivity index (χ3v) is 5.30. The summed E-state index contributed by atoms with van der Waals surface area (Å²) in [6.45, 7) is 5.36. The predicted octanol–water partition coefficient (Wildman–Crippen LogP) is 2.87. The molecule has 1 aromatic carbocycles. The number of aromatic nitrogens is 1. The van der Waals surface area contributed by atoms with Crippen LogP contribution in [0.2, 0.25) is 0 Å². The van der Waals surface area contributed by atoms with Crippen LogP contribution in [-0.2, 0) is 25.5 Å². The molecule has 0 saturated heterocycles. The summed E-state index contributed by atoms with van der Waals surface area (Å²) in [5.74, 6) is -2.15. The van der Waals surface area contributed by atoms with Crippen molar-refractivity contribution in [3.8, 4) is 0 Å². The number of H-pyrrole nitrogens is 1. The molecular formula is C21H24N2O5. The van der Waals surface area contributed by atoms with Gasteiger partial charge in [0.2, 0.25) is 5.91 Å². The van der Waals surface area contributed by atoms with Crippen LogP contribution in [0.1, 0.15) is 32.8 Å². The molecule has 1 aliphatic rings. The molecule has 0 spiro atoms. The summed E-state index contributed by atoms with van der Waals surface area (Å²) >= 11 is 0. The summed E-state index contributed by atoms with van der Waals surface area (Å²) in [7, 11) is 0. The van der Waals surface area contributed by atoms with Gasteiger partial charge in [-0.2, -0.15) is 0 Å². The molecule has 1 aromatic heterocycles. The van der Waals surface area contributed by atoms with Crippen molar-refractivity contribution < 1.29 is 24.2 Å². The van der Waals surface area contributed by atoms with Crippen molar-refractivity contribution in [2.24, 2.45) is 5.41 Å². The Bertz CT molecular complexity index is 974. The number of ether oxygens (including phenoxy) is 1. The van der Waals surface area contributed by atoms with E-state index in [9.17, 15) is 19.5 Å². The number of carboxylic acids is 1. The zero-order valence-electron chi connectivity index (χ0n) is 16.2. The van der Waals surface area contributed by atoms with Crippen molar-refractivity contribution in [1.29, 1.82) is 0 Å². The Labute approximate surface area is 163 Å². The number of amides is 1. The smallest absolute Gasteiger partial charge is 0.336 e. The zero-order valence-corrected chi connectivity index (χ0v) is 16.2. The molecule has 2 heterocycles. The number of nitrogens with one attached hydrogen (secondary N) is 1. The number of nitrogens with zero attached hydrogens (tertiary/aromatic N) is 1. The standard InChI is InChI=1S/C21H24N2O5/c1-4-28-19(26)18-13(2)23(20(27)21(18,3)11-17(24)25)10-9-14-12-22-16-8-6-5-7-15(14)16/h5-8,12,22H,4,9-11H2,1-3H3,(H,24,25). The minimum absolute atomic E-state index is 0.140. The molecule has 1 unspecified atom stereocenters. The number of hydrogen-bond acceptors (Lipinski definition) is 4. The van der Waals surface area contributed by atoms with Gasteiger partial charge in [0.15, 0.2) is 0 Å². The summed E-state index contributed by atoms with van der Waals surface area (Å²) < 4.78 is 5.10. The summed E-state index contributed by atoms with van der Waals surface area (Å²) in [6, 6.07) is 7.89. The van der Waals surface area contributed by atoms with Crippen LogP contribution in [0, 0.1) is 5.41 Å². The van der Waals surface area contributed by atoms with Crippen molar-refractivity contribution in [3.05, 3.63) is 47.3 Å². The second-order valence-corrected chi connectivity index (χ2v) is 7.15. The van der Waals surface area contributed by atoms with Crippen LogP contribution < -0.4 is 0 Å². The van der Waals surface area contributed by atoms with Gasteiger partial charge in [0.25, 0.3) is 0 Å². The molecule has 7 nitrogen and oxygen atoms in total. The summed E-state index contributed by atoms with van der Waals surface area (Å²) in [6.07, 6.45) is 2.03. The second kappa shape index (κ2) is 7.50. The molecule has 0 radical (unpaired) electrons. The molecule has 1 atom stereocenters. The van der Waals surface area contributed by atoms with Gasteiger partial charge in [0.05, 0.1) is 24.0 Å². The van der Waals surface area contributed by atoms with Crippen LogP contribution in [0.3, 0.4) is 0 Å². The van der Waals surface area contributed by atoms with Crippen molar-refractivity contribution in [3.63, 3.8) is 0 Å². The van der Waals surface area contributed by atoms with Gasteiger partial charge >= 0.3 is 11.9 Å². The summed E-state index contributed by atoms with van der Waals surface area (Å²) in [5.41, 5.74) is 1.25.